The standard InChI is InChI=1S/C8H10N2O.BF4/c1-2-11-8(9)7-5-3-4-6-10-7;2-1(3,4)5/h3-6,9H,2H2,1H3;/q;-1. The number of pyridine rings is 1. The summed E-state index contributed by atoms with van der Waals surface area (Å²) in [5, 5.41) is 7.34. The van der Waals surface area contributed by atoms with E-state index >= 15 is 0 Å². The molecule has 0 bridgehead atoms. The smallest absolute Gasteiger partial charge is 0.477 e. The van der Waals surface area contributed by atoms with Crippen molar-refractivity contribution in [1.29, 1.82) is 5.41 Å². The van der Waals surface area contributed by atoms with Crippen LogP contribution in [0.1, 0.15) is 12.6 Å². The molecule has 8 heteroatoms. The van der Waals surface area contributed by atoms with Gasteiger partial charge in [-0.25, -0.2) is 0 Å². The molecule has 1 N–H and O–H groups in total. The molecule has 0 saturated heterocycles. The minimum Gasteiger partial charge on any atom is -0.477 e. The normalized spacial score (nSPS) is 10.1. The summed E-state index contributed by atoms with van der Waals surface area (Å²) >= 11 is 0. The van der Waals surface area contributed by atoms with Crippen LogP contribution in [-0.4, -0.2) is 24.7 Å². The van der Waals surface area contributed by atoms with E-state index in [4.69, 9.17) is 10.1 Å². The second-order valence-electron chi connectivity index (χ2n) is 2.47. The van der Waals surface area contributed by atoms with Gasteiger partial charge in [0, 0.05) is 6.20 Å². The lowest BCUT2D eigenvalue weighted by molar-refractivity contribution is 0.324. The summed E-state index contributed by atoms with van der Waals surface area (Å²) in [6, 6.07) is 5.39. The van der Waals surface area contributed by atoms with Gasteiger partial charge in [-0.1, -0.05) is 6.07 Å². The third-order valence-electron chi connectivity index (χ3n) is 1.19. The van der Waals surface area contributed by atoms with Gasteiger partial charge in [-0.3, -0.25) is 10.4 Å². The highest BCUT2D eigenvalue weighted by Crippen LogP contribution is 2.06. The predicted octanol–water partition coefficient (Wildman–Crippen LogP) is 2.74. The van der Waals surface area contributed by atoms with Gasteiger partial charge in [-0.15, -0.1) is 0 Å². The second kappa shape index (κ2) is 6.81. The molecule has 0 spiro atoms. The minimum atomic E-state index is -6.00. The number of nitrogens with one attached hydrogen (secondary N) is 1. The van der Waals surface area contributed by atoms with Crippen molar-refractivity contribution in [2.24, 2.45) is 0 Å². The Bertz CT molecular complexity index is 312. The van der Waals surface area contributed by atoms with E-state index in [0.29, 0.717) is 12.3 Å². The van der Waals surface area contributed by atoms with Crippen molar-refractivity contribution in [2.75, 3.05) is 6.61 Å². The Kier molecular flexibility index (Phi) is 6.13. The molecular formula is C8H10BF4N2O-. The first-order valence-corrected chi connectivity index (χ1v) is 4.34. The fraction of sp³-hybridized carbons (Fsp3) is 0.250. The van der Waals surface area contributed by atoms with E-state index in [9.17, 15) is 17.3 Å². The van der Waals surface area contributed by atoms with E-state index in [1.165, 1.54) is 0 Å². The number of ether oxygens (including phenoxy) is 1. The molecule has 3 nitrogen and oxygen atoms in total. The number of aromatic nitrogens is 1. The van der Waals surface area contributed by atoms with E-state index in [1.807, 2.05) is 19.1 Å². The Morgan fingerprint density at radius 3 is 2.31 bits per heavy atom. The molecule has 0 aromatic carbocycles. The van der Waals surface area contributed by atoms with Crippen LogP contribution in [0.25, 0.3) is 0 Å². The molecule has 1 aromatic heterocycles. The summed E-state index contributed by atoms with van der Waals surface area (Å²) in [4.78, 5) is 3.95. The van der Waals surface area contributed by atoms with E-state index < -0.39 is 7.25 Å². The zero-order valence-corrected chi connectivity index (χ0v) is 8.46. The molecular weight excluding hydrogens is 227 g/mol. The van der Waals surface area contributed by atoms with Gasteiger partial charge in [0.1, 0.15) is 5.69 Å². The fourth-order valence-electron chi connectivity index (χ4n) is 0.715. The monoisotopic (exact) mass is 237 g/mol. The summed E-state index contributed by atoms with van der Waals surface area (Å²) in [5.41, 5.74) is 0.578. The number of rotatable bonds is 2. The van der Waals surface area contributed by atoms with Crippen LogP contribution in [0.5, 0.6) is 0 Å². The van der Waals surface area contributed by atoms with Crippen molar-refractivity contribution >= 4 is 13.2 Å². The first-order chi connectivity index (χ1) is 7.34. The Morgan fingerprint density at radius 2 is 1.94 bits per heavy atom. The maximum Gasteiger partial charge on any atom is 0.673 e. The largest absolute Gasteiger partial charge is 0.673 e. The molecule has 0 aliphatic carbocycles. The van der Waals surface area contributed by atoms with E-state index in [-0.39, 0.29) is 5.90 Å². The van der Waals surface area contributed by atoms with Gasteiger partial charge < -0.3 is 22.0 Å². The lowest BCUT2D eigenvalue weighted by Gasteiger charge is -2.01. The van der Waals surface area contributed by atoms with Crippen molar-refractivity contribution in [3.63, 3.8) is 0 Å². The van der Waals surface area contributed by atoms with E-state index in [2.05, 4.69) is 4.98 Å². The predicted molar refractivity (Wildman–Crippen MR) is 52.9 cm³/mol. The maximum atomic E-state index is 9.75. The lowest BCUT2D eigenvalue weighted by Crippen LogP contribution is -2.06. The zero-order chi connectivity index (χ0) is 12.6. The fourth-order valence-corrected chi connectivity index (χ4v) is 0.715. The van der Waals surface area contributed by atoms with Gasteiger partial charge in [-0.05, 0) is 19.1 Å². The molecule has 0 aliphatic heterocycles. The van der Waals surface area contributed by atoms with Gasteiger partial charge in [0.15, 0.2) is 0 Å². The molecule has 0 radical (unpaired) electrons. The van der Waals surface area contributed by atoms with Crippen LogP contribution in [0.15, 0.2) is 24.4 Å². The molecule has 90 valence electrons. The first kappa shape index (κ1) is 14.4. The maximum absolute atomic E-state index is 9.75. The Morgan fingerprint density at radius 1 is 1.38 bits per heavy atom. The van der Waals surface area contributed by atoms with Crippen LogP contribution in [-0.2, 0) is 4.74 Å². The molecule has 0 unspecified atom stereocenters. The highest BCUT2D eigenvalue weighted by atomic mass is 19.5. The second-order valence-corrected chi connectivity index (χ2v) is 2.47. The molecule has 1 aromatic rings. The molecule has 1 heterocycles. The molecule has 0 aliphatic rings. The Balaban J connectivity index is 0.000000385. The van der Waals surface area contributed by atoms with Crippen LogP contribution in [0, 0.1) is 5.41 Å². The molecule has 0 amide bonds. The van der Waals surface area contributed by atoms with Crippen molar-refractivity contribution in [2.45, 2.75) is 6.92 Å². The van der Waals surface area contributed by atoms with Crippen LogP contribution >= 0.6 is 0 Å². The number of nitrogens with zero attached hydrogens (tertiary/aromatic N) is 1. The third kappa shape index (κ3) is 8.98. The van der Waals surface area contributed by atoms with E-state index in [0.717, 1.165) is 0 Å². The van der Waals surface area contributed by atoms with Crippen LogP contribution in [0.3, 0.4) is 0 Å². The highest BCUT2D eigenvalue weighted by molar-refractivity contribution is 6.50. The minimum absolute atomic E-state index is 0.133. The SMILES string of the molecule is CCOC(=N)c1ccccn1.F[B-](F)(F)F. The van der Waals surface area contributed by atoms with Gasteiger partial charge in [0.2, 0.25) is 5.90 Å². The van der Waals surface area contributed by atoms with E-state index in [1.54, 1.807) is 12.3 Å². The third-order valence-corrected chi connectivity index (χ3v) is 1.19. The lowest BCUT2D eigenvalue weighted by atomic mass is 10.3. The number of halogens is 4. The van der Waals surface area contributed by atoms with Crippen molar-refractivity contribution in [1.82, 2.24) is 4.98 Å². The van der Waals surface area contributed by atoms with Gasteiger partial charge in [0.25, 0.3) is 0 Å². The Hall–Kier alpha value is -1.60. The molecule has 0 fully saturated rings. The van der Waals surface area contributed by atoms with Gasteiger partial charge >= 0.3 is 7.25 Å². The highest BCUT2D eigenvalue weighted by Gasteiger charge is 2.20. The summed E-state index contributed by atoms with van der Waals surface area (Å²) < 4.78 is 43.9. The Labute approximate surface area is 90.1 Å². The summed E-state index contributed by atoms with van der Waals surface area (Å²) in [6.45, 7) is 2.35. The molecule has 1 rings (SSSR count). The summed E-state index contributed by atoms with van der Waals surface area (Å²) in [6.07, 6.45) is 1.64. The average Bonchev–Trinajstić information content (AvgIpc) is 2.17. The van der Waals surface area contributed by atoms with Crippen LogP contribution in [0.2, 0.25) is 0 Å². The molecule has 16 heavy (non-hydrogen) atoms. The topological polar surface area (TPSA) is 46.0 Å². The number of hydrogen-bond donors (Lipinski definition) is 1. The van der Waals surface area contributed by atoms with Crippen LogP contribution in [0.4, 0.5) is 17.3 Å². The first-order valence-electron chi connectivity index (χ1n) is 4.34. The van der Waals surface area contributed by atoms with Crippen molar-refractivity contribution in [3.05, 3.63) is 30.1 Å². The summed E-state index contributed by atoms with van der Waals surface area (Å²) in [7, 11) is -6.00. The molecule has 0 atom stereocenters. The molecule has 0 saturated carbocycles. The number of hydrogen-bond acceptors (Lipinski definition) is 3. The zero-order valence-electron chi connectivity index (χ0n) is 8.46. The summed E-state index contributed by atoms with van der Waals surface area (Å²) in [5.74, 6) is 0.133. The van der Waals surface area contributed by atoms with Crippen molar-refractivity contribution in [3.8, 4) is 0 Å². The van der Waals surface area contributed by atoms with Gasteiger partial charge in [-0.2, -0.15) is 0 Å². The average molecular weight is 237 g/mol. The quantitative estimate of drug-likeness (QED) is 0.372. The van der Waals surface area contributed by atoms with Crippen molar-refractivity contribution < 1.29 is 22.0 Å². The van der Waals surface area contributed by atoms with Gasteiger partial charge in [0.05, 0.1) is 6.61 Å². The van der Waals surface area contributed by atoms with Crippen LogP contribution < -0.4 is 0 Å².